The molecule has 2 aliphatic carbocycles. The maximum absolute atomic E-state index is 13.2. The first-order valence-electron chi connectivity index (χ1n) is 10.9. The normalized spacial score (nSPS) is 16.8. The van der Waals surface area contributed by atoms with Crippen LogP contribution in [0.4, 0.5) is 26.3 Å². The Morgan fingerprint density at radius 3 is 2.22 bits per heavy atom. The Kier molecular flexibility index (Phi) is 6.91. The van der Waals surface area contributed by atoms with Crippen molar-refractivity contribution in [2.45, 2.75) is 25.2 Å². The van der Waals surface area contributed by atoms with E-state index >= 15 is 0 Å². The summed E-state index contributed by atoms with van der Waals surface area (Å²) in [6.45, 7) is 0.0819. The summed E-state index contributed by atoms with van der Waals surface area (Å²) >= 11 is 0. The zero-order valence-corrected chi connectivity index (χ0v) is 19.2. The van der Waals surface area contributed by atoms with Crippen molar-refractivity contribution in [3.63, 3.8) is 0 Å². The van der Waals surface area contributed by atoms with E-state index in [-0.39, 0.29) is 42.4 Å². The van der Waals surface area contributed by atoms with Gasteiger partial charge in [-0.25, -0.2) is 4.79 Å². The van der Waals surface area contributed by atoms with Crippen LogP contribution in [0.5, 0.6) is 5.75 Å². The van der Waals surface area contributed by atoms with Crippen LogP contribution >= 0.6 is 0 Å². The van der Waals surface area contributed by atoms with Crippen molar-refractivity contribution in [3.05, 3.63) is 99.0 Å². The highest BCUT2D eigenvalue weighted by atomic mass is 19.4. The molecule has 37 heavy (non-hydrogen) atoms. The third kappa shape index (κ3) is 5.88. The Morgan fingerprint density at radius 2 is 1.65 bits per heavy atom. The molecule has 2 aromatic carbocycles. The number of carbonyl (C=O) groups excluding carboxylic acids is 2. The second kappa shape index (κ2) is 9.81. The molecule has 0 aliphatic heterocycles. The van der Waals surface area contributed by atoms with E-state index in [1.54, 1.807) is 18.2 Å². The topological polar surface area (TPSA) is 52.6 Å². The van der Waals surface area contributed by atoms with E-state index < -0.39 is 35.4 Å². The molecule has 0 amide bonds. The number of hydrogen-bond donors (Lipinski definition) is 0. The second-order valence-corrected chi connectivity index (χ2v) is 8.51. The van der Waals surface area contributed by atoms with Crippen LogP contribution in [-0.4, -0.2) is 25.5 Å². The fourth-order valence-electron chi connectivity index (χ4n) is 4.12. The van der Waals surface area contributed by atoms with Crippen LogP contribution < -0.4 is 4.74 Å². The first-order valence-corrected chi connectivity index (χ1v) is 10.9. The molecule has 0 aromatic heterocycles. The van der Waals surface area contributed by atoms with Crippen molar-refractivity contribution in [1.29, 1.82) is 0 Å². The summed E-state index contributed by atoms with van der Waals surface area (Å²) in [4.78, 5) is 24.3. The minimum absolute atomic E-state index is 0.0660. The van der Waals surface area contributed by atoms with E-state index in [0.717, 1.165) is 0 Å². The van der Waals surface area contributed by atoms with Gasteiger partial charge in [-0.15, -0.1) is 0 Å². The van der Waals surface area contributed by atoms with Crippen molar-refractivity contribution < 1.29 is 45.4 Å². The highest BCUT2D eigenvalue weighted by molar-refractivity contribution is 6.02. The number of ether oxygens (including phenoxy) is 2. The van der Waals surface area contributed by atoms with Crippen molar-refractivity contribution in [2.75, 3.05) is 13.7 Å². The third-order valence-electron chi connectivity index (χ3n) is 5.92. The predicted octanol–water partition coefficient (Wildman–Crippen LogP) is 6.05. The van der Waals surface area contributed by atoms with Crippen LogP contribution in [0.2, 0.25) is 0 Å². The zero-order valence-electron chi connectivity index (χ0n) is 19.2. The number of methoxy groups -OCH3 is 1. The average Bonchev–Trinajstić information content (AvgIpc) is 3.15. The van der Waals surface area contributed by atoms with E-state index in [4.69, 9.17) is 4.74 Å². The molecule has 0 N–H and O–H groups in total. The molecule has 0 bridgehead atoms. The fraction of sp³-hybridized carbons (Fsp3) is 0.259. The molecule has 10 heteroatoms. The van der Waals surface area contributed by atoms with Crippen LogP contribution in [0.3, 0.4) is 0 Å². The Bertz CT molecular complexity index is 1370. The first-order chi connectivity index (χ1) is 17.3. The minimum atomic E-state index is -4.96. The SMILES string of the molecule is COC(=O)C1=C=C=C(COc2ccc3c(c2)CC(Cc2cc(C(F)(F)F)cc(C(F)(F)F)c2)C3=O)C=C1. The largest absolute Gasteiger partial charge is 0.488 e. The van der Waals surface area contributed by atoms with E-state index in [2.05, 4.69) is 16.2 Å². The smallest absolute Gasteiger partial charge is 0.416 e. The van der Waals surface area contributed by atoms with E-state index in [0.29, 0.717) is 34.6 Å². The Morgan fingerprint density at radius 1 is 0.973 bits per heavy atom. The highest BCUT2D eigenvalue weighted by Crippen LogP contribution is 2.38. The van der Waals surface area contributed by atoms with Gasteiger partial charge >= 0.3 is 18.3 Å². The molecule has 2 aromatic rings. The van der Waals surface area contributed by atoms with Gasteiger partial charge in [0.05, 0.1) is 18.2 Å². The predicted molar refractivity (Wildman–Crippen MR) is 119 cm³/mol. The molecule has 0 heterocycles. The van der Waals surface area contributed by atoms with Gasteiger partial charge in [-0.2, -0.15) is 26.3 Å². The lowest BCUT2D eigenvalue weighted by atomic mass is 9.93. The van der Waals surface area contributed by atoms with Gasteiger partial charge in [0.25, 0.3) is 0 Å². The molecule has 4 rings (SSSR count). The number of hydrogen-bond acceptors (Lipinski definition) is 4. The monoisotopic (exact) mass is 520 g/mol. The number of alkyl halides is 6. The van der Waals surface area contributed by atoms with Gasteiger partial charge in [0.2, 0.25) is 0 Å². The van der Waals surface area contributed by atoms with Crippen LogP contribution in [0.1, 0.15) is 32.6 Å². The average molecular weight is 520 g/mol. The molecule has 192 valence electrons. The molecule has 0 saturated heterocycles. The van der Waals surface area contributed by atoms with Crippen molar-refractivity contribution in [1.82, 2.24) is 0 Å². The first kappa shape index (κ1) is 26.1. The summed E-state index contributed by atoms with van der Waals surface area (Å²) < 4.78 is 89.4. The summed E-state index contributed by atoms with van der Waals surface area (Å²) in [6, 6.07) is 6.07. The van der Waals surface area contributed by atoms with Gasteiger partial charge in [-0.05, 0) is 72.5 Å². The molecule has 0 fully saturated rings. The summed E-state index contributed by atoms with van der Waals surface area (Å²) in [7, 11) is 1.25. The second-order valence-electron chi connectivity index (χ2n) is 8.51. The summed E-state index contributed by atoms with van der Waals surface area (Å²) in [5.74, 6) is -1.30. The minimum Gasteiger partial charge on any atom is -0.488 e. The number of benzene rings is 2. The Balaban J connectivity index is 1.49. The lowest BCUT2D eigenvalue weighted by molar-refractivity contribution is -0.143. The van der Waals surface area contributed by atoms with Crippen molar-refractivity contribution in [2.24, 2.45) is 5.92 Å². The quantitative estimate of drug-likeness (QED) is 0.264. The van der Waals surface area contributed by atoms with Gasteiger partial charge < -0.3 is 9.47 Å². The van der Waals surface area contributed by atoms with Crippen molar-refractivity contribution in [3.8, 4) is 5.75 Å². The summed E-state index contributed by atoms with van der Waals surface area (Å²) in [5.41, 5.74) is 4.14. The number of Topliss-reactive ketones (excluding diaryl/α,β-unsaturated/α-hetero) is 1. The number of fused-ring (bicyclic) bond motifs is 1. The number of esters is 1. The van der Waals surface area contributed by atoms with Crippen LogP contribution in [0.25, 0.3) is 0 Å². The molecule has 0 radical (unpaired) electrons. The van der Waals surface area contributed by atoms with Crippen LogP contribution in [0, 0.1) is 5.92 Å². The zero-order chi connectivity index (χ0) is 27.0. The van der Waals surface area contributed by atoms with Crippen molar-refractivity contribution >= 4 is 11.8 Å². The standard InChI is InChI=1S/C27H18F6O4/c1-36-25(35)17-4-2-15(3-5-17)14-37-22-6-7-23-18(12-22)11-19(24(23)34)8-16-9-20(26(28,29)30)13-21(10-16)27(31,32)33/h2,4,6-7,9-10,12-13,19H,8,11,14H2,1H3. The fourth-order valence-corrected chi connectivity index (χ4v) is 4.12. The van der Waals surface area contributed by atoms with E-state index in [9.17, 15) is 35.9 Å². The highest BCUT2D eigenvalue weighted by Gasteiger charge is 2.38. The molecule has 1 unspecified atom stereocenters. The third-order valence-corrected chi connectivity index (χ3v) is 5.92. The van der Waals surface area contributed by atoms with Gasteiger partial charge in [-0.3, -0.25) is 4.79 Å². The molecular formula is C27H18F6O4. The Hall–Kier alpha value is -4.00. The molecule has 1 atom stereocenters. The summed E-state index contributed by atoms with van der Waals surface area (Å²) in [5, 5.41) is 0. The molecule has 4 nitrogen and oxygen atoms in total. The van der Waals surface area contributed by atoms with Gasteiger partial charge in [0, 0.05) is 17.1 Å². The number of carbonyl (C=O) groups is 2. The molecule has 2 aliphatic rings. The molecular weight excluding hydrogens is 502 g/mol. The van der Waals surface area contributed by atoms with E-state index in [1.807, 2.05) is 0 Å². The summed E-state index contributed by atoms with van der Waals surface area (Å²) in [6.07, 6.45) is -6.92. The van der Waals surface area contributed by atoms with Gasteiger partial charge in [0.15, 0.2) is 5.78 Å². The maximum atomic E-state index is 13.2. The number of ketones is 1. The van der Waals surface area contributed by atoms with Crippen LogP contribution in [0.15, 0.2) is 71.2 Å². The van der Waals surface area contributed by atoms with Gasteiger partial charge in [0.1, 0.15) is 17.9 Å². The number of halogens is 6. The van der Waals surface area contributed by atoms with E-state index in [1.165, 1.54) is 19.3 Å². The molecule has 0 saturated carbocycles. The maximum Gasteiger partial charge on any atom is 0.416 e. The molecule has 0 spiro atoms. The Labute approximate surface area is 207 Å². The number of rotatable bonds is 6. The lowest BCUT2D eigenvalue weighted by Crippen LogP contribution is -2.15. The van der Waals surface area contributed by atoms with Crippen LogP contribution in [-0.2, 0) is 34.7 Å². The van der Waals surface area contributed by atoms with Gasteiger partial charge in [-0.1, -0.05) is 11.5 Å². The lowest BCUT2D eigenvalue weighted by Gasteiger charge is -2.15.